The van der Waals surface area contributed by atoms with E-state index < -0.39 is 36.6 Å². The standard InChI is InChI=1S/C16H19FN4O5/c1-8(20-21-16(26)9-2-4-10(17)5-3-9)15-18-6-11(19-15)13(24)14(25)12(23)7-22/h2-6,12-14,22-25H,7H2,1H3,(H,18,19)(H,21,26)/t12-,13-,14-/m1/s1. The number of aromatic amines is 1. The van der Waals surface area contributed by atoms with E-state index in [4.69, 9.17) is 5.11 Å². The van der Waals surface area contributed by atoms with Crippen molar-refractivity contribution in [1.29, 1.82) is 0 Å². The largest absolute Gasteiger partial charge is 0.394 e. The highest BCUT2D eigenvalue weighted by Crippen LogP contribution is 2.17. The van der Waals surface area contributed by atoms with Crippen molar-refractivity contribution < 1.29 is 29.6 Å². The minimum atomic E-state index is -1.61. The fourth-order valence-electron chi connectivity index (χ4n) is 2.03. The van der Waals surface area contributed by atoms with Crippen molar-refractivity contribution in [3.8, 4) is 0 Å². The number of halogens is 1. The molecule has 1 heterocycles. The van der Waals surface area contributed by atoms with Gasteiger partial charge in [-0.25, -0.2) is 14.8 Å². The Morgan fingerprint density at radius 3 is 2.58 bits per heavy atom. The predicted molar refractivity (Wildman–Crippen MR) is 88.7 cm³/mol. The molecule has 0 radical (unpaired) electrons. The Morgan fingerprint density at radius 1 is 1.31 bits per heavy atom. The van der Waals surface area contributed by atoms with E-state index in [1.165, 1.54) is 18.3 Å². The van der Waals surface area contributed by atoms with E-state index in [1.807, 2.05) is 0 Å². The van der Waals surface area contributed by atoms with Gasteiger partial charge in [-0.1, -0.05) is 0 Å². The summed E-state index contributed by atoms with van der Waals surface area (Å²) in [4.78, 5) is 18.6. The summed E-state index contributed by atoms with van der Waals surface area (Å²) in [6.07, 6.45) is -3.39. The highest BCUT2D eigenvalue weighted by atomic mass is 19.1. The molecule has 140 valence electrons. The van der Waals surface area contributed by atoms with Crippen molar-refractivity contribution in [1.82, 2.24) is 15.4 Å². The number of hydrogen-bond donors (Lipinski definition) is 6. The number of amides is 1. The Morgan fingerprint density at radius 2 is 1.96 bits per heavy atom. The summed E-state index contributed by atoms with van der Waals surface area (Å²) in [6.45, 7) is 0.827. The second kappa shape index (κ2) is 8.63. The van der Waals surface area contributed by atoms with Gasteiger partial charge in [0.05, 0.1) is 18.5 Å². The van der Waals surface area contributed by atoms with Gasteiger partial charge in [-0.3, -0.25) is 4.79 Å². The van der Waals surface area contributed by atoms with Gasteiger partial charge in [0.1, 0.15) is 29.8 Å². The number of carbonyl (C=O) groups is 1. The first kappa shape index (κ1) is 19.7. The average Bonchev–Trinajstić information content (AvgIpc) is 3.14. The number of aliphatic hydroxyl groups excluding tert-OH is 4. The average molecular weight is 366 g/mol. The summed E-state index contributed by atoms with van der Waals surface area (Å²) in [5, 5.41) is 41.6. The van der Waals surface area contributed by atoms with Gasteiger partial charge in [-0.15, -0.1) is 0 Å². The molecule has 1 aromatic carbocycles. The third-order valence-electron chi connectivity index (χ3n) is 3.59. The molecule has 0 saturated carbocycles. The molecule has 0 aliphatic heterocycles. The molecule has 26 heavy (non-hydrogen) atoms. The molecule has 10 heteroatoms. The van der Waals surface area contributed by atoms with E-state index in [9.17, 15) is 24.5 Å². The Labute approximate surface area is 147 Å². The van der Waals surface area contributed by atoms with Gasteiger partial charge < -0.3 is 25.4 Å². The fraction of sp³-hybridized carbons (Fsp3) is 0.312. The van der Waals surface area contributed by atoms with Crippen LogP contribution in [-0.2, 0) is 0 Å². The molecule has 0 aliphatic carbocycles. The molecule has 0 saturated heterocycles. The maximum absolute atomic E-state index is 12.8. The first-order valence-corrected chi connectivity index (χ1v) is 7.64. The number of H-pyrrole nitrogens is 1. The van der Waals surface area contributed by atoms with E-state index in [0.29, 0.717) is 0 Å². The van der Waals surface area contributed by atoms with Gasteiger partial charge in [0.25, 0.3) is 5.91 Å². The van der Waals surface area contributed by atoms with E-state index >= 15 is 0 Å². The number of nitrogens with one attached hydrogen (secondary N) is 2. The molecule has 0 spiro atoms. The molecular weight excluding hydrogens is 347 g/mol. The van der Waals surface area contributed by atoms with E-state index in [-0.39, 0.29) is 22.8 Å². The van der Waals surface area contributed by atoms with E-state index in [0.717, 1.165) is 12.1 Å². The molecule has 0 fully saturated rings. The lowest BCUT2D eigenvalue weighted by molar-refractivity contribution is -0.0788. The Kier molecular flexibility index (Phi) is 6.52. The number of aromatic nitrogens is 2. The number of aliphatic hydroxyl groups is 4. The maximum atomic E-state index is 12.8. The number of hydrogen-bond acceptors (Lipinski definition) is 7. The fourth-order valence-corrected chi connectivity index (χ4v) is 2.03. The second-order valence-electron chi connectivity index (χ2n) is 5.52. The molecule has 6 N–H and O–H groups in total. The number of nitrogens with zero attached hydrogens (tertiary/aromatic N) is 2. The molecule has 3 atom stereocenters. The van der Waals surface area contributed by atoms with Crippen LogP contribution in [0.4, 0.5) is 4.39 Å². The Hall–Kier alpha value is -2.66. The van der Waals surface area contributed by atoms with E-state index in [1.54, 1.807) is 6.92 Å². The quantitative estimate of drug-likeness (QED) is 0.286. The van der Waals surface area contributed by atoms with Crippen molar-refractivity contribution in [2.24, 2.45) is 5.10 Å². The maximum Gasteiger partial charge on any atom is 0.271 e. The molecule has 1 amide bonds. The zero-order valence-corrected chi connectivity index (χ0v) is 13.8. The summed E-state index contributed by atoms with van der Waals surface area (Å²) in [5.41, 5.74) is 2.88. The Bertz CT molecular complexity index is 777. The van der Waals surface area contributed by atoms with Crippen LogP contribution in [0.1, 0.15) is 34.9 Å². The highest BCUT2D eigenvalue weighted by Gasteiger charge is 2.27. The van der Waals surface area contributed by atoms with Crippen LogP contribution in [0.3, 0.4) is 0 Å². The number of rotatable bonds is 7. The van der Waals surface area contributed by atoms with Crippen LogP contribution in [0.2, 0.25) is 0 Å². The minimum Gasteiger partial charge on any atom is -0.394 e. The summed E-state index contributed by atoms with van der Waals surface area (Å²) in [5.74, 6) is -0.793. The van der Waals surface area contributed by atoms with Crippen LogP contribution < -0.4 is 5.43 Å². The van der Waals surface area contributed by atoms with Crippen LogP contribution in [0.15, 0.2) is 35.6 Å². The van der Waals surface area contributed by atoms with Crippen LogP contribution >= 0.6 is 0 Å². The monoisotopic (exact) mass is 366 g/mol. The molecular formula is C16H19FN4O5. The summed E-state index contributed by atoms with van der Waals surface area (Å²) in [7, 11) is 0. The van der Waals surface area contributed by atoms with Gasteiger partial charge in [0, 0.05) is 5.56 Å². The summed E-state index contributed by atoms with van der Waals surface area (Å²) < 4.78 is 12.8. The molecule has 0 aliphatic rings. The van der Waals surface area contributed by atoms with Gasteiger partial charge in [-0.2, -0.15) is 5.10 Å². The molecule has 2 aromatic rings. The molecule has 0 bridgehead atoms. The number of hydrazone groups is 1. The van der Waals surface area contributed by atoms with Crippen LogP contribution in [0, 0.1) is 5.82 Å². The van der Waals surface area contributed by atoms with Crippen LogP contribution in [0.25, 0.3) is 0 Å². The summed E-state index contributed by atoms with van der Waals surface area (Å²) in [6, 6.07) is 4.92. The molecule has 0 unspecified atom stereocenters. The first-order chi connectivity index (χ1) is 12.3. The van der Waals surface area contributed by atoms with Gasteiger partial charge in [-0.05, 0) is 31.2 Å². The normalized spacial score (nSPS) is 15.4. The summed E-state index contributed by atoms with van der Waals surface area (Å²) >= 11 is 0. The zero-order valence-electron chi connectivity index (χ0n) is 13.8. The third-order valence-corrected chi connectivity index (χ3v) is 3.59. The SMILES string of the molecule is CC(=NNC(=O)c1ccc(F)cc1)c1ncc([C@@H](O)[C@H](O)[C@H](O)CO)[nH]1. The van der Waals surface area contributed by atoms with Gasteiger partial charge in [0.15, 0.2) is 5.82 Å². The van der Waals surface area contributed by atoms with Crippen molar-refractivity contribution in [3.63, 3.8) is 0 Å². The molecule has 9 nitrogen and oxygen atoms in total. The van der Waals surface area contributed by atoms with Crippen LogP contribution in [0.5, 0.6) is 0 Å². The first-order valence-electron chi connectivity index (χ1n) is 7.64. The third kappa shape index (κ3) is 4.70. The van der Waals surface area contributed by atoms with Gasteiger partial charge in [0.2, 0.25) is 0 Å². The van der Waals surface area contributed by atoms with Crippen molar-refractivity contribution >= 4 is 11.6 Å². The smallest absolute Gasteiger partial charge is 0.271 e. The second-order valence-corrected chi connectivity index (χ2v) is 5.52. The lowest BCUT2D eigenvalue weighted by Gasteiger charge is -2.20. The number of imidazole rings is 1. The molecule has 1 aromatic heterocycles. The van der Waals surface area contributed by atoms with E-state index in [2.05, 4.69) is 20.5 Å². The van der Waals surface area contributed by atoms with Crippen molar-refractivity contribution in [3.05, 3.63) is 53.4 Å². The van der Waals surface area contributed by atoms with Crippen molar-refractivity contribution in [2.45, 2.75) is 25.2 Å². The number of carbonyl (C=O) groups excluding carboxylic acids is 1. The van der Waals surface area contributed by atoms with Crippen LogP contribution in [-0.4, -0.2) is 60.8 Å². The zero-order chi connectivity index (χ0) is 19.3. The Balaban J connectivity index is 2.04. The highest BCUT2D eigenvalue weighted by molar-refractivity contribution is 5.98. The predicted octanol–water partition coefficient (Wildman–Crippen LogP) is -0.550. The molecule has 2 rings (SSSR count). The topological polar surface area (TPSA) is 151 Å². The van der Waals surface area contributed by atoms with Gasteiger partial charge >= 0.3 is 0 Å². The van der Waals surface area contributed by atoms with Crippen molar-refractivity contribution in [2.75, 3.05) is 6.61 Å². The number of benzene rings is 1. The minimum absolute atomic E-state index is 0.0967. The lowest BCUT2D eigenvalue weighted by Crippen LogP contribution is -2.34. The lowest BCUT2D eigenvalue weighted by atomic mass is 10.1.